The van der Waals surface area contributed by atoms with E-state index in [0.29, 0.717) is 5.92 Å². The molecule has 3 rings (SSSR count). The highest BCUT2D eigenvalue weighted by Crippen LogP contribution is 2.28. The molecule has 0 saturated carbocycles. The number of rotatable bonds is 8. The van der Waals surface area contributed by atoms with Crippen molar-refractivity contribution < 1.29 is 9.90 Å². The van der Waals surface area contributed by atoms with Gasteiger partial charge < -0.3 is 5.11 Å². The number of allylic oxidation sites excluding steroid dienone is 4. The summed E-state index contributed by atoms with van der Waals surface area (Å²) >= 11 is 0. The predicted molar refractivity (Wildman–Crippen MR) is 177 cm³/mol. The second-order valence-corrected chi connectivity index (χ2v) is 10.2. The lowest BCUT2D eigenvalue weighted by molar-refractivity contribution is -0.136. The molecule has 0 heterocycles. The van der Waals surface area contributed by atoms with E-state index in [1.165, 1.54) is 64.6 Å². The molecule has 0 aliphatic rings. The van der Waals surface area contributed by atoms with Crippen molar-refractivity contribution in [1.29, 1.82) is 0 Å². The van der Waals surface area contributed by atoms with Crippen LogP contribution in [0.2, 0.25) is 0 Å². The molecule has 0 bridgehead atoms. The van der Waals surface area contributed by atoms with Crippen molar-refractivity contribution in [3.8, 4) is 11.1 Å². The normalized spacial score (nSPS) is 10.3. The van der Waals surface area contributed by atoms with Gasteiger partial charge in [0.2, 0.25) is 0 Å². The summed E-state index contributed by atoms with van der Waals surface area (Å²) in [6.45, 7) is 18.9. The summed E-state index contributed by atoms with van der Waals surface area (Å²) in [5, 5.41) is 7.72. The van der Waals surface area contributed by atoms with E-state index in [9.17, 15) is 4.79 Å². The van der Waals surface area contributed by atoms with Gasteiger partial charge in [0, 0.05) is 6.42 Å². The standard InChI is InChI=1S/C17H20.C12H18.C6H10.C3H6O2/c1-12(2)15-9-10-17(14(4)11-15)16-8-6-5-7-13(16)3;1-3-4-5-9-12-10-7-6-8-11(12)2;1-3-5-6-4-2;1-2-3(4)5/h5-12H,1-4H3;6-8,10H,3-5,9H2,1-2H3;3-6H,1-2H3;2H2,1H3,(H,4,5)/b;;5-3-,6-4-;. The monoisotopic (exact) mass is 542 g/mol. The van der Waals surface area contributed by atoms with Crippen LogP contribution in [0.5, 0.6) is 0 Å². The molecule has 0 amide bonds. The Labute approximate surface area is 245 Å². The Hall–Kier alpha value is -3.39. The molecule has 2 nitrogen and oxygen atoms in total. The smallest absolute Gasteiger partial charge is 0.303 e. The van der Waals surface area contributed by atoms with Crippen LogP contribution in [0, 0.1) is 20.8 Å². The molecule has 40 heavy (non-hydrogen) atoms. The number of aliphatic carboxylic acids is 1. The van der Waals surface area contributed by atoms with Gasteiger partial charge >= 0.3 is 5.97 Å². The summed E-state index contributed by atoms with van der Waals surface area (Å²) in [6, 6.07) is 24.1. The van der Waals surface area contributed by atoms with Gasteiger partial charge in [-0.2, -0.15) is 0 Å². The number of hydrogen-bond donors (Lipinski definition) is 1. The maximum absolute atomic E-state index is 9.37. The first-order valence-corrected chi connectivity index (χ1v) is 14.8. The van der Waals surface area contributed by atoms with Crippen LogP contribution in [0.25, 0.3) is 11.1 Å². The van der Waals surface area contributed by atoms with E-state index >= 15 is 0 Å². The largest absolute Gasteiger partial charge is 0.481 e. The first-order chi connectivity index (χ1) is 19.1. The minimum absolute atomic E-state index is 0.222. The lowest BCUT2D eigenvalue weighted by Gasteiger charge is -2.12. The number of carboxylic acids is 1. The summed E-state index contributed by atoms with van der Waals surface area (Å²) in [6.07, 6.45) is 13.5. The Morgan fingerprint density at radius 3 is 1.73 bits per heavy atom. The average Bonchev–Trinajstić information content (AvgIpc) is 2.94. The first kappa shape index (κ1) is 36.6. The van der Waals surface area contributed by atoms with Gasteiger partial charge in [-0.3, -0.25) is 4.79 Å². The molecule has 0 spiro atoms. The van der Waals surface area contributed by atoms with E-state index in [-0.39, 0.29) is 6.42 Å². The Morgan fingerprint density at radius 2 is 1.27 bits per heavy atom. The van der Waals surface area contributed by atoms with Crippen molar-refractivity contribution in [2.24, 2.45) is 0 Å². The van der Waals surface area contributed by atoms with Gasteiger partial charge in [-0.15, -0.1) is 0 Å². The lowest BCUT2D eigenvalue weighted by Crippen LogP contribution is -1.91. The zero-order valence-electron chi connectivity index (χ0n) is 26.6. The molecule has 0 atom stereocenters. The zero-order valence-corrected chi connectivity index (χ0v) is 26.6. The quantitative estimate of drug-likeness (QED) is 0.227. The zero-order chi connectivity index (χ0) is 30.3. The topological polar surface area (TPSA) is 37.3 Å². The Bertz CT molecular complexity index is 1140. The van der Waals surface area contributed by atoms with E-state index in [1.807, 2.05) is 38.2 Å². The van der Waals surface area contributed by atoms with Crippen LogP contribution in [0.15, 0.2) is 91.0 Å². The molecule has 0 unspecified atom stereocenters. The van der Waals surface area contributed by atoms with Gasteiger partial charge in [-0.1, -0.05) is 132 Å². The highest BCUT2D eigenvalue weighted by atomic mass is 16.4. The average molecular weight is 543 g/mol. The van der Waals surface area contributed by atoms with Crippen LogP contribution in [0.4, 0.5) is 0 Å². The summed E-state index contributed by atoms with van der Waals surface area (Å²) < 4.78 is 0. The summed E-state index contributed by atoms with van der Waals surface area (Å²) in [5.41, 5.74) is 9.78. The van der Waals surface area contributed by atoms with E-state index < -0.39 is 5.97 Å². The SMILES string of the molecule is C/C=C\C=C/C.CCC(=O)O.CCCCCc1ccccc1C.Cc1ccccc1-c1ccc(C(C)C)cc1C. The van der Waals surface area contributed by atoms with Crippen molar-refractivity contribution in [1.82, 2.24) is 0 Å². The summed E-state index contributed by atoms with van der Waals surface area (Å²) in [4.78, 5) is 9.37. The van der Waals surface area contributed by atoms with Crippen molar-refractivity contribution in [3.63, 3.8) is 0 Å². The van der Waals surface area contributed by atoms with E-state index in [1.54, 1.807) is 6.92 Å². The van der Waals surface area contributed by atoms with E-state index in [4.69, 9.17) is 5.11 Å². The fourth-order valence-electron chi connectivity index (χ4n) is 3.90. The second kappa shape index (κ2) is 22.4. The Balaban J connectivity index is 0.000000574. The highest BCUT2D eigenvalue weighted by molar-refractivity contribution is 5.70. The fourth-order valence-corrected chi connectivity index (χ4v) is 3.90. The van der Waals surface area contributed by atoms with Crippen molar-refractivity contribution in [2.45, 2.75) is 100 Å². The van der Waals surface area contributed by atoms with Gasteiger partial charge in [-0.25, -0.2) is 0 Å². The van der Waals surface area contributed by atoms with Crippen LogP contribution >= 0.6 is 0 Å². The number of aryl methyl sites for hydroxylation is 4. The lowest BCUT2D eigenvalue weighted by atomic mass is 9.92. The van der Waals surface area contributed by atoms with Crippen molar-refractivity contribution in [2.75, 3.05) is 0 Å². The molecular weight excluding hydrogens is 488 g/mol. The molecule has 3 aromatic rings. The third-order valence-corrected chi connectivity index (χ3v) is 6.46. The van der Waals surface area contributed by atoms with Gasteiger partial charge in [-0.05, 0) is 92.3 Å². The molecule has 0 aromatic heterocycles. The number of carbonyl (C=O) groups is 1. The van der Waals surface area contributed by atoms with Crippen molar-refractivity contribution >= 4 is 5.97 Å². The number of benzene rings is 3. The highest BCUT2D eigenvalue weighted by Gasteiger charge is 2.06. The van der Waals surface area contributed by atoms with E-state index in [2.05, 4.69) is 108 Å². The number of carboxylic acid groups (broad SMARTS) is 1. The molecule has 0 fully saturated rings. The van der Waals surface area contributed by atoms with Crippen LogP contribution < -0.4 is 0 Å². The third-order valence-electron chi connectivity index (χ3n) is 6.46. The molecule has 0 aliphatic heterocycles. The molecule has 0 aliphatic carbocycles. The Morgan fingerprint density at radius 1 is 0.750 bits per heavy atom. The summed E-state index contributed by atoms with van der Waals surface area (Å²) in [5.74, 6) is -0.148. The summed E-state index contributed by atoms with van der Waals surface area (Å²) in [7, 11) is 0. The van der Waals surface area contributed by atoms with Crippen LogP contribution in [-0.4, -0.2) is 11.1 Å². The van der Waals surface area contributed by atoms with Gasteiger partial charge in [0.25, 0.3) is 0 Å². The minimum Gasteiger partial charge on any atom is -0.481 e. The molecule has 0 radical (unpaired) electrons. The first-order valence-electron chi connectivity index (χ1n) is 14.8. The molecular formula is C38H54O2. The Kier molecular flexibility index (Phi) is 20.5. The third kappa shape index (κ3) is 15.9. The van der Waals surface area contributed by atoms with Gasteiger partial charge in [0.1, 0.15) is 0 Å². The van der Waals surface area contributed by atoms with Gasteiger partial charge in [0.15, 0.2) is 0 Å². The predicted octanol–water partition coefficient (Wildman–Crippen LogP) is 11.4. The number of hydrogen-bond acceptors (Lipinski definition) is 1. The molecule has 3 aromatic carbocycles. The fraction of sp³-hybridized carbons (Fsp3) is 0.395. The van der Waals surface area contributed by atoms with Crippen LogP contribution in [0.1, 0.15) is 101 Å². The maximum Gasteiger partial charge on any atom is 0.303 e. The van der Waals surface area contributed by atoms with Crippen LogP contribution in [-0.2, 0) is 11.2 Å². The molecule has 218 valence electrons. The molecule has 0 saturated heterocycles. The van der Waals surface area contributed by atoms with Crippen LogP contribution in [0.3, 0.4) is 0 Å². The van der Waals surface area contributed by atoms with E-state index in [0.717, 1.165) is 0 Å². The molecule has 1 N–H and O–H groups in total. The minimum atomic E-state index is -0.745. The molecule has 2 heteroatoms. The van der Waals surface area contributed by atoms with Crippen molar-refractivity contribution in [3.05, 3.63) is 119 Å². The second-order valence-electron chi connectivity index (χ2n) is 10.2. The van der Waals surface area contributed by atoms with Gasteiger partial charge in [0.05, 0.1) is 0 Å². The maximum atomic E-state index is 9.37. The number of unbranched alkanes of at least 4 members (excludes halogenated alkanes) is 2.